The van der Waals surface area contributed by atoms with Crippen LogP contribution in [0, 0.1) is 0 Å². The highest BCUT2D eigenvalue weighted by Crippen LogP contribution is 2.24. The largest absolute Gasteiger partial charge is 0.367 e. The first-order valence-electron chi connectivity index (χ1n) is 6.04. The van der Waals surface area contributed by atoms with E-state index in [9.17, 15) is 0 Å². The Hall–Kier alpha value is -1.55. The summed E-state index contributed by atoms with van der Waals surface area (Å²) in [4.78, 5) is 8.46. The van der Waals surface area contributed by atoms with Crippen molar-refractivity contribution in [3.05, 3.63) is 47.8 Å². The zero-order valence-corrected chi connectivity index (χ0v) is 11.1. The van der Waals surface area contributed by atoms with Crippen molar-refractivity contribution in [1.29, 1.82) is 0 Å². The Morgan fingerprint density at radius 3 is 2.56 bits per heavy atom. The van der Waals surface area contributed by atoms with E-state index >= 15 is 0 Å². The third kappa shape index (κ3) is 2.34. The van der Waals surface area contributed by atoms with Crippen molar-refractivity contribution in [2.45, 2.75) is 23.9 Å². The van der Waals surface area contributed by atoms with Crippen LogP contribution in [-0.2, 0) is 12.8 Å². The second-order valence-electron chi connectivity index (χ2n) is 4.46. The van der Waals surface area contributed by atoms with E-state index in [0.29, 0.717) is 6.04 Å². The van der Waals surface area contributed by atoms with E-state index in [0.717, 1.165) is 23.7 Å². The van der Waals surface area contributed by atoms with E-state index < -0.39 is 0 Å². The quantitative estimate of drug-likeness (QED) is 0.678. The molecule has 0 saturated heterocycles. The molecule has 0 fully saturated rings. The van der Waals surface area contributed by atoms with E-state index in [2.05, 4.69) is 39.6 Å². The highest BCUT2D eigenvalue weighted by molar-refractivity contribution is 7.98. The molecule has 3 nitrogen and oxygen atoms in total. The molecular formula is C14H15N3S. The number of thioether (sulfide) groups is 1. The fourth-order valence-electron chi connectivity index (χ4n) is 2.40. The lowest BCUT2D eigenvalue weighted by molar-refractivity contribution is 0.766. The summed E-state index contributed by atoms with van der Waals surface area (Å²) >= 11 is 1.64. The molecule has 3 rings (SSSR count). The summed E-state index contributed by atoms with van der Waals surface area (Å²) in [6, 6.07) is 11.1. The summed E-state index contributed by atoms with van der Waals surface area (Å²) < 4.78 is 0. The number of nitrogens with one attached hydrogen (secondary N) is 1. The summed E-state index contributed by atoms with van der Waals surface area (Å²) in [7, 11) is 0. The molecule has 0 unspecified atom stereocenters. The van der Waals surface area contributed by atoms with E-state index in [1.807, 2.05) is 12.3 Å². The van der Waals surface area contributed by atoms with E-state index in [-0.39, 0.29) is 0 Å². The first-order valence-corrected chi connectivity index (χ1v) is 7.27. The number of rotatable bonds is 3. The maximum absolute atomic E-state index is 4.28. The first kappa shape index (κ1) is 11.5. The molecule has 0 atom stereocenters. The van der Waals surface area contributed by atoms with Crippen molar-refractivity contribution in [3.63, 3.8) is 0 Å². The van der Waals surface area contributed by atoms with E-state index in [1.165, 1.54) is 11.1 Å². The average Bonchev–Trinajstić information content (AvgIpc) is 2.81. The van der Waals surface area contributed by atoms with Gasteiger partial charge in [-0.1, -0.05) is 24.3 Å². The van der Waals surface area contributed by atoms with Crippen LogP contribution in [0.25, 0.3) is 0 Å². The van der Waals surface area contributed by atoms with Gasteiger partial charge in [0.2, 0.25) is 0 Å². The van der Waals surface area contributed by atoms with Crippen LogP contribution in [0.4, 0.5) is 5.82 Å². The number of hydrogen-bond acceptors (Lipinski definition) is 4. The van der Waals surface area contributed by atoms with Crippen molar-refractivity contribution in [3.8, 4) is 0 Å². The summed E-state index contributed by atoms with van der Waals surface area (Å²) in [5.74, 6) is 0.923. The van der Waals surface area contributed by atoms with Gasteiger partial charge >= 0.3 is 0 Å². The lowest BCUT2D eigenvalue weighted by Crippen LogP contribution is -2.20. The molecule has 1 aliphatic rings. The number of hydrogen-bond donors (Lipinski definition) is 1. The number of anilines is 1. The SMILES string of the molecule is CSc1cc(NC2Cc3ccccc3C2)ncn1. The van der Waals surface area contributed by atoms with Crippen LogP contribution in [0.2, 0.25) is 0 Å². The minimum atomic E-state index is 0.451. The summed E-state index contributed by atoms with van der Waals surface area (Å²) in [6.45, 7) is 0. The molecule has 1 aromatic heterocycles. The normalized spacial score (nSPS) is 14.5. The molecule has 0 spiro atoms. The van der Waals surface area contributed by atoms with Gasteiger partial charge < -0.3 is 5.32 Å². The molecular weight excluding hydrogens is 242 g/mol. The van der Waals surface area contributed by atoms with Crippen LogP contribution in [-0.4, -0.2) is 22.3 Å². The Bertz CT molecular complexity index is 531. The van der Waals surface area contributed by atoms with Crippen molar-refractivity contribution < 1.29 is 0 Å². The Balaban J connectivity index is 1.72. The fraction of sp³-hybridized carbons (Fsp3) is 0.286. The molecule has 1 aliphatic carbocycles. The third-order valence-electron chi connectivity index (χ3n) is 3.25. The summed E-state index contributed by atoms with van der Waals surface area (Å²) in [5.41, 5.74) is 2.91. The maximum Gasteiger partial charge on any atom is 0.130 e. The molecule has 1 heterocycles. The lowest BCUT2D eigenvalue weighted by Gasteiger charge is -2.12. The molecule has 0 aliphatic heterocycles. The van der Waals surface area contributed by atoms with Gasteiger partial charge in [0.1, 0.15) is 17.2 Å². The highest BCUT2D eigenvalue weighted by atomic mass is 32.2. The predicted molar refractivity (Wildman–Crippen MR) is 75.1 cm³/mol. The van der Waals surface area contributed by atoms with Gasteiger partial charge in [0.15, 0.2) is 0 Å². The minimum absolute atomic E-state index is 0.451. The van der Waals surface area contributed by atoms with E-state index in [4.69, 9.17) is 0 Å². The van der Waals surface area contributed by atoms with Gasteiger partial charge in [-0.15, -0.1) is 11.8 Å². The summed E-state index contributed by atoms with van der Waals surface area (Å²) in [5, 5.41) is 4.50. The van der Waals surface area contributed by atoms with Crippen LogP contribution in [0.1, 0.15) is 11.1 Å². The maximum atomic E-state index is 4.28. The Morgan fingerprint density at radius 1 is 1.17 bits per heavy atom. The van der Waals surface area contributed by atoms with Crippen molar-refractivity contribution in [2.75, 3.05) is 11.6 Å². The zero-order valence-electron chi connectivity index (χ0n) is 10.3. The zero-order chi connectivity index (χ0) is 12.4. The molecule has 0 saturated carbocycles. The molecule has 0 radical (unpaired) electrons. The van der Waals surface area contributed by atoms with Crippen LogP contribution >= 0.6 is 11.8 Å². The predicted octanol–water partition coefficient (Wildman–Crippen LogP) is 2.78. The number of aromatic nitrogens is 2. The van der Waals surface area contributed by atoms with Crippen LogP contribution in [0.3, 0.4) is 0 Å². The number of benzene rings is 1. The highest BCUT2D eigenvalue weighted by Gasteiger charge is 2.20. The van der Waals surface area contributed by atoms with Gasteiger partial charge in [-0.2, -0.15) is 0 Å². The van der Waals surface area contributed by atoms with Gasteiger partial charge in [-0.3, -0.25) is 0 Å². The van der Waals surface area contributed by atoms with Crippen LogP contribution in [0.15, 0.2) is 41.7 Å². The molecule has 18 heavy (non-hydrogen) atoms. The van der Waals surface area contributed by atoms with Gasteiger partial charge in [0.05, 0.1) is 0 Å². The monoisotopic (exact) mass is 257 g/mol. The average molecular weight is 257 g/mol. The first-order chi connectivity index (χ1) is 8.85. The molecule has 1 N–H and O–H groups in total. The van der Waals surface area contributed by atoms with Gasteiger partial charge in [-0.25, -0.2) is 9.97 Å². The van der Waals surface area contributed by atoms with Crippen LogP contribution in [0.5, 0.6) is 0 Å². The van der Waals surface area contributed by atoms with Crippen molar-refractivity contribution in [1.82, 2.24) is 9.97 Å². The van der Waals surface area contributed by atoms with Crippen LogP contribution < -0.4 is 5.32 Å². The molecule has 0 bridgehead atoms. The van der Waals surface area contributed by atoms with Gasteiger partial charge in [-0.05, 0) is 30.2 Å². The minimum Gasteiger partial charge on any atom is -0.367 e. The lowest BCUT2D eigenvalue weighted by atomic mass is 10.1. The van der Waals surface area contributed by atoms with Gasteiger partial charge in [0, 0.05) is 12.1 Å². The molecule has 2 aromatic rings. The Kier molecular flexibility index (Phi) is 3.19. The van der Waals surface area contributed by atoms with Gasteiger partial charge in [0.25, 0.3) is 0 Å². The van der Waals surface area contributed by atoms with Crippen molar-refractivity contribution >= 4 is 17.6 Å². The topological polar surface area (TPSA) is 37.8 Å². The number of nitrogens with zero attached hydrogens (tertiary/aromatic N) is 2. The van der Waals surface area contributed by atoms with Crippen molar-refractivity contribution in [2.24, 2.45) is 0 Å². The molecule has 92 valence electrons. The smallest absolute Gasteiger partial charge is 0.130 e. The van der Waals surface area contributed by atoms with E-state index in [1.54, 1.807) is 18.1 Å². The fourth-order valence-corrected chi connectivity index (χ4v) is 2.78. The Morgan fingerprint density at radius 2 is 1.89 bits per heavy atom. The standard InChI is InChI=1S/C14H15N3S/c1-18-14-8-13(15-9-16-14)17-12-6-10-4-2-3-5-11(10)7-12/h2-5,8-9,12H,6-7H2,1H3,(H,15,16,17). The molecule has 0 amide bonds. The third-order valence-corrected chi connectivity index (χ3v) is 3.90. The Labute approximate surface area is 111 Å². The second kappa shape index (κ2) is 4.98. The molecule has 1 aromatic carbocycles. The molecule has 4 heteroatoms. The second-order valence-corrected chi connectivity index (χ2v) is 5.29. The summed E-state index contributed by atoms with van der Waals surface area (Å²) in [6.07, 6.45) is 5.80. The number of fused-ring (bicyclic) bond motifs is 1.